The zero-order valence-corrected chi connectivity index (χ0v) is 18.2. The van der Waals surface area contributed by atoms with Gasteiger partial charge in [0.15, 0.2) is 0 Å². The number of carbonyl (C=O) groups is 2. The molecule has 10 heteroatoms. The van der Waals surface area contributed by atoms with Crippen LogP contribution < -0.4 is 10.2 Å². The molecule has 0 aromatic carbocycles. The molecule has 0 atom stereocenters. The third-order valence-corrected chi connectivity index (χ3v) is 5.03. The number of rotatable bonds is 5. The lowest BCUT2D eigenvalue weighted by atomic mass is 9.95. The Labute approximate surface area is 184 Å². The van der Waals surface area contributed by atoms with Gasteiger partial charge in [-0.1, -0.05) is 19.3 Å². The average Bonchev–Trinajstić information content (AvgIpc) is 2.68. The van der Waals surface area contributed by atoms with E-state index in [-0.39, 0.29) is 30.7 Å². The van der Waals surface area contributed by atoms with Gasteiger partial charge in [0.25, 0.3) is 0 Å². The Morgan fingerprint density at radius 2 is 1.55 bits per heavy atom. The molecule has 1 saturated carbocycles. The molecule has 1 aliphatic heterocycles. The first-order valence-corrected chi connectivity index (χ1v) is 9.63. The minimum Gasteiger partial charge on any atom is -0.450 e. The molecule has 2 aliphatic rings. The number of hydrogen-bond donors (Lipinski definition) is 3. The molecule has 0 radical (unpaired) electrons. The van der Waals surface area contributed by atoms with E-state index in [0.29, 0.717) is 12.5 Å². The van der Waals surface area contributed by atoms with Crippen molar-refractivity contribution in [3.63, 3.8) is 0 Å². The minimum absolute atomic E-state index is 0. The molecule has 0 bridgehead atoms. The number of amides is 1. The number of anilines is 1. The van der Waals surface area contributed by atoms with Gasteiger partial charge in [0.1, 0.15) is 0 Å². The molecule has 1 amide bonds. The number of piperazine rings is 1. The monoisotopic (exact) mass is 450 g/mol. The van der Waals surface area contributed by atoms with Gasteiger partial charge in [-0.25, -0.2) is 4.79 Å². The van der Waals surface area contributed by atoms with E-state index in [0.717, 1.165) is 45.6 Å². The molecule has 1 aromatic rings. The van der Waals surface area contributed by atoms with E-state index in [2.05, 4.69) is 32.2 Å². The molecule has 1 aliphatic carbocycles. The van der Waals surface area contributed by atoms with E-state index in [4.69, 9.17) is 15.0 Å². The number of aromatic nitrogens is 1. The Kier molecular flexibility index (Phi) is 14.2. The van der Waals surface area contributed by atoms with Crippen molar-refractivity contribution in [2.75, 3.05) is 37.6 Å². The molecule has 3 rings (SSSR count). The van der Waals surface area contributed by atoms with Crippen molar-refractivity contribution < 1.29 is 19.8 Å². The van der Waals surface area contributed by atoms with E-state index >= 15 is 0 Å². The van der Waals surface area contributed by atoms with Gasteiger partial charge in [0.05, 0.1) is 0 Å². The lowest BCUT2D eigenvalue weighted by molar-refractivity contribution is -0.122. The van der Waals surface area contributed by atoms with Crippen molar-refractivity contribution in [3.8, 4) is 0 Å². The first-order valence-electron chi connectivity index (χ1n) is 9.63. The summed E-state index contributed by atoms with van der Waals surface area (Å²) in [5.41, 5.74) is 1.25. The van der Waals surface area contributed by atoms with Crippen LogP contribution in [0.2, 0.25) is 0 Å². The van der Waals surface area contributed by atoms with Crippen LogP contribution in [-0.4, -0.2) is 70.9 Å². The first kappa shape index (κ1) is 27.2. The highest BCUT2D eigenvalue weighted by Crippen LogP contribution is 2.18. The van der Waals surface area contributed by atoms with E-state index in [9.17, 15) is 4.79 Å². The Balaban J connectivity index is 0.00000120. The maximum absolute atomic E-state index is 12.1. The fourth-order valence-corrected chi connectivity index (χ4v) is 3.59. The van der Waals surface area contributed by atoms with Gasteiger partial charge in [-0.05, 0) is 25.0 Å². The first-order chi connectivity index (χ1) is 13.0. The average molecular weight is 451 g/mol. The summed E-state index contributed by atoms with van der Waals surface area (Å²) in [5.74, 6) is 0.230. The smallest absolute Gasteiger partial charge is 0.450 e. The van der Waals surface area contributed by atoms with E-state index < -0.39 is 6.16 Å². The number of pyridine rings is 1. The van der Waals surface area contributed by atoms with Crippen LogP contribution in [0.25, 0.3) is 0 Å². The third kappa shape index (κ3) is 11.1. The Morgan fingerprint density at radius 1 is 1.00 bits per heavy atom. The van der Waals surface area contributed by atoms with E-state index in [1.54, 1.807) is 0 Å². The van der Waals surface area contributed by atoms with Crippen molar-refractivity contribution in [1.82, 2.24) is 15.2 Å². The normalized spacial score (nSPS) is 17.0. The highest BCUT2D eigenvalue weighted by molar-refractivity contribution is 5.85. The summed E-state index contributed by atoms with van der Waals surface area (Å²) >= 11 is 0. The second-order valence-electron chi connectivity index (χ2n) is 6.97. The topological polar surface area (TPSA) is 106 Å². The van der Waals surface area contributed by atoms with Crippen LogP contribution in [0.1, 0.15) is 38.5 Å². The summed E-state index contributed by atoms with van der Waals surface area (Å²) in [7, 11) is 0. The molecule has 2 heterocycles. The van der Waals surface area contributed by atoms with Gasteiger partial charge >= 0.3 is 6.16 Å². The predicted octanol–water partition coefficient (Wildman–Crippen LogP) is 3.11. The lowest BCUT2D eigenvalue weighted by Crippen LogP contribution is -2.47. The van der Waals surface area contributed by atoms with Crippen LogP contribution in [-0.2, 0) is 4.79 Å². The van der Waals surface area contributed by atoms with Crippen molar-refractivity contribution in [3.05, 3.63) is 24.5 Å². The van der Waals surface area contributed by atoms with E-state index in [1.807, 2.05) is 12.4 Å². The number of nitrogens with zero attached hydrogens (tertiary/aromatic N) is 3. The van der Waals surface area contributed by atoms with Crippen LogP contribution in [0.3, 0.4) is 0 Å². The molecule has 29 heavy (non-hydrogen) atoms. The second kappa shape index (κ2) is 15.1. The van der Waals surface area contributed by atoms with E-state index in [1.165, 1.54) is 24.9 Å². The number of hydrogen-bond acceptors (Lipinski definition) is 5. The quantitative estimate of drug-likeness (QED) is 0.632. The maximum atomic E-state index is 12.1. The maximum Gasteiger partial charge on any atom is 0.503 e. The summed E-state index contributed by atoms with van der Waals surface area (Å²) in [6.45, 7) is 4.98. The van der Waals surface area contributed by atoms with Gasteiger partial charge in [0.2, 0.25) is 5.91 Å². The second-order valence-corrected chi connectivity index (χ2v) is 6.97. The van der Waals surface area contributed by atoms with Crippen LogP contribution in [0.5, 0.6) is 0 Å². The van der Waals surface area contributed by atoms with Crippen LogP contribution in [0.4, 0.5) is 10.5 Å². The number of carbonyl (C=O) groups excluding carboxylic acids is 1. The zero-order valence-electron chi connectivity index (χ0n) is 16.5. The highest BCUT2D eigenvalue weighted by atomic mass is 35.5. The molecule has 1 saturated heterocycles. The lowest BCUT2D eigenvalue weighted by Gasteiger charge is -2.36. The van der Waals surface area contributed by atoms with Crippen molar-refractivity contribution in [2.24, 2.45) is 0 Å². The fourth-order valence-electron chi connectivity index (χ4n) is 3.59. The molecular formula is C19H32Cl2N4O4. The van der Waals surface area contributed by atoms with Gasteiger partial charge in [-0.15, -0.1) is 24.8 Å². The molecule has 1 aromatic heterocycles. The standard InChI is InChI=1S/C18H28N4O.CH2O3.2ClH/c23-18(20-16-4-2-1-3-5-16)8-11-21-12-14-22(15-13-21)17-6-9-19-10-7-17;2-1(3)4;;/h6-7,9-10,16H,1-5,8,11-15H2,(H,20,23);(H2,2,3,4);2*1H. The van der Waals surface area contributed by atoms with Gasteiger partial charge in [-0.2, -0.15) is 0 Å². The third-order valence-electron chi connectivity index (χ3n) is 5.03. The predicted molar refractivity (Wildman–Crippen MR) is 118 cm³/mol. The largest absolute Gasteiger partial charge is 0.503 e. The molecular weight excluding hydrogens is 419 g/mol. The Morgan fingerprint density at radius 3 is 2.10 bits per heavy atom. The van der Waals surface area contributed by atoms with Crippen LogP contribution >= 0.6 is 24.8 Å². The number of carboxylic acid groups (broad SMARTS) is 2. The Hall–Kier alpha value is -1.77. The van der Waals surface area contributed by atoms with Gasteiger partial charge in [-0.3, -0.25) is 14.7 Å². The summed E-state index contributed by atoms with van der Waals surface area (Å²) in [6, 6.07) is 4.56. The number of halogens is 2. The molecule has 166 valence electrons. The van der Waals surface area contributed by atoms with Crippen molar-refractivity contribution in [1.29, 1.82) is 0 Å². The highest BCUT2D eigenvalue weighted by Gasteiger charge is 2.19. The summed E-state index contributed by atoms with van der Waals surface area (Å²) < 4.78 is 0. The summed E-state index contributed by atoms with van der Waals surface area (Å²) in [6.07, 6.45) is 8.67. The molecule has 0 spiro atoms. The van der Waals surface area contributed by atoms with Gasteiger partial charge < -0.3 is 20.4 Å². The SMILES string of the molecule is Cl.Cl.O=C(CCN1CCN(c2ccncc2)CC1)NC1CCCCC1.O=C(O)O. The Bertz CT molecular complexity index is 577. The summed E-state index contributed by atoms with van der Waals surface area (Å²) in [4.78, 5) is 29.5. The van der Waals surface area contributed by atoms with Crippen molar-refractivity contribution >= 4 is 42.6 Å². The zero-order chi connectivity index (χ0) is 19.5. The minimum atomic E-state index is -1.83. The van der Waals surface area contributed by atoms with Crippen molar-refractivity contribution in [2.45, 2.75) is 44.6 Å². The van der Waals surface area contributed by atoms with Gasteiger partial charge in [0, 0.05) is 63.3 Å². The molecule has 0 unspecified atom stereocenters. The number of nitrogens with one attached hydrogen (secondary N) is 1. The molecule has 2 fully saturated rings. The molecule has 3 N–H and O–H groups in total. The molecule has 8 nitrogen and oxygen atoms in total. The van der Waals surface area contributed by atoms with Crippen LogP contribution in [0, 0.1) is 0 Å². The summed E-state index contributed by atoms with van der Waals surface area (Å²) in [5, 5.41) is 17.2. The van der Waals surface area contributed by atoms with Crippen LogP contribution in [0.15, 0.2) is 24.5 Å². The fraction of sp³-hybridized carbons (Fsp3) is 0.632.